The van der Waals surface area contributed by atoms with E-state index in [1.54, 1.807) is 0 Å². The zero-order valence-corrected chi connectivity index (χ0v) is 34.4. The molecule has 3 unspecified atom stereocenters. The Balaban J connectivity index is 0.00000616. The molecule has 0 spiro atoms. The Labute approximate surface area is 299 Å². The quantitative estimate of drug-likeness (QED) is 0.405. The van der Waals surface area contributed by atoms with Crippen LogP contribution in [0.1, 0.15) is 125 Å². The van der Waals surface area contributed by atoms with Gasteiger partial charge in [0.25, 0.3) is 0 Å². The second-order valence-corrected chi connectivity index (χ2v) is 19.9. The van der Waals surface area contributed by atoms with Crippen molar-refractivity contribution in [3.63, 3.8) is 0 Å². The van der Waals surface area contributed by atoms with Gasteiger partial charge in [-0.2, -0.15) is 0 Å². The summed E-state index contributed by atoms with van der Waals surface area (Å²) in [5.41, 5.74) is -0.968. The molecule has 0 N–H and O–H groups in total. The molecule has 248 valence electrons. The van der Waals surface area contributed by atoms with Crippen molar-refractivity contribution in [1.82, 2.24) is 0 Å². The van der Waals surface area contributed by atoms with Gasteiger partial charge in [-0.3, -0.25) is 0 Å². The third-order valence-electron chi connectivity index (χ3n) is 9.43. The maximum absolute atomic E-state index is 5.41. The van der Waals surface area contributed by atoms with Gasteiger partial charge in [-0.15, -0.1) is 0 Å². The van der Waals surface area contributed by atoms with Crippen molar-refractivity contribution in [1.29, 1.82) is 0 Å². The monoisotopic (exact) mass is 702 g/mol. The smallest absolute Gasteiger partial charge is 1.00 e. The maximum Gasteiger partial charge on any atom is -1.00 e. The second-order valence-electron chi connectivity index (χ2n) is 18.7. The normalized spacial score (nSPS) is 28.9. The average molecular weight is 704 g/mol. The van der Waals surface area contributed by atoms with Gasteiger partial charge in [0.2, 0.25) is 0 Å². The van der Waals surface area contributed by atoms with E-state index in [2.05, 4.69) is 163 Å². The summed E-state index contributed by atoms with van der Waals surface area (Å²) < 4.78 is -0.786. The molecule has 0 amide bonds. The molecule has 0 aliphatic carbocycles. The number of rotatable bonds is 3. The van der Waals surface area contributed by atoms with Crippen LogP contribution in [-0.4, -0.2) is 16.6 Å². The Hall–Kier alpha value is -0.396. The molecular weight excluding hydrogens is 647 g/mol. The van der Waals surface area contributed by atoms with Crippen LogP contribution in [0.2, 0.25) is 3.72 Å². The van der Waals surface area contributed by atoms with E-state index in [9.17, 15) is 0 Å². The van der Waals surface area contributed by atoms with Crippen LogP contribution in [0, 0.1) is 32.5 Å². The van der Waals surface area contributed by atoms with Gasteiger partial charge in [-0.1, -0.05) is 0 Å². The average Bonchev–Trinajstić information content (AvgIpc) is 3.48. The fourth-order valence-electron chi connectivity index (χ4n) is 6.47. The first-order valence-corrected chi connectivity index (χ1v) is 16.0. The molecule has 3 atom stereocenters. The first-order chi connectivity index (χ1) is 17.9. The van der Waals surface area contributed by atoms with E-state index in [0.29, 0.717) is 0 Å². The van der Waals surface area contributed by atoms with E-state index in [-0.39, 0.29) is 69.7 Å². The zero-order chi connectivity index (χ0) is 32.1. The summed E-state index contributed by atoms with van der Waals surface area (Å²) in [7, 11) is 0. The van der Waals surface area contributed by atoms with E-state index >= 15 is 0 Å². The van der Waals surface area contributed by atoms with Gasteiger partial charge >= 0.3 is 264 Å². The summed E-state index contributed by atoms with van der Waals surface area (Å²) in [4.78, 5) is 0. The molecule has 10 heteroatoms. The first kappa shape index (κ1) is 43.6. The van der Waals surface area contributed by atoms with Crippen LogP contribution in [0.15, 0.2) is 66.0 Å². The topological polar surface area (TPSA) is 74.2 Å². The molecule has 44 heavy (non-hydrogen) atoms. The molecule has 6 nitrogen and oxygen atoms in total. The fourth-order valence-corrected chi connectivity index (χ4v) is 8.80. The van der Waals surface area contributed by atoms with Crippen LogP contribution in [0.3, 0.4) is 0 Å². The predicted molar refractivity (Wildman–Crippen MR) is 166 cm³/mol. The van der Waals surface area contributed by atoms with Crippen LogP contribution < -0.4 is 37.2 Å². The summed E-state index contributed by atoms with van der Waals surface area (Å²) >= 11 is 2.37. The molecular formula is C34H57Cl3N6Ti. The van der Waals surface area contributed by atoms with Crippen molar-refractivity contribution < 1.29 is 57.7 Å². The van der Waals surface area contributed by atoms with E-state index in [1.165, 1.54) is 0 Å². The third kappa shape index (κ3) is 6.27. The van der Waals surface area contributed by atoms with Crippen LogP contribution in [0.5, 0.6) is 0 Å². The summed E-state index contributed by atoms with van der Waals surface area (Å²) in [5.74, 6) is 0. The molecule has 3 aliphatic rings. The number of allylic oxidation sites excluding steroid dienone is 3. The number of halogens is 3. The van der Waals surface area contributed by atoms with Gasteiger partial charge in [0, 0.05) is 0 Å². The molecule has 0 radical (unpaired) electrons. The maximum atomic E-state index is 5.41. The predicted octanol–water partition coefficient (Wildman–Crippen LogP) is 2.25. The number of nitrogens with zero attached hydrogens (tertiary/aromatic N) is 6. The van der Waals surface area contributed by atoms with Gasteiger partial charge in [-0.25, -0.2) is 0 Å². The van der Waals surface area contributed by atoms with Gasteiger partial charge in [0.1, 0.15) is 0 Å². The third-order valence-corrected chi connectivity index (χ3v) is 11.2. The Morgan fingerprint density at radius 2 is 0.591 bits per heavy atom. The Bertz CT molecular complexity index is 1120. The molecule has 0 bridgehead atoms. The van der Waals surface area contributed by atoms with Crippen molar-refractivity contribution in [3.8, 4) is 0 Å². The molecule has 3 aliphatic heterocycles. The van der Waals surface area contributed by atoms with E-state index in [4.69, 9.17) is 30.7 Å². The van der Waals surface area contributed by atoms with Crippen molar-refractivity contribution >= 4 is 0 Å². The van der Waals surface area contributed by atoms with Gasteiger partial charge < -0.3 is 37.2 Å². The second kappa shape index (κ2) is 12.2. The van der Waals surface area contributed by atoms with Crippen LogP contribution in [-0.2, 0) is 20.4 Å². The standard InChI is InChI=1S/C34H57N6.3ClH.Ti/c1-26(2,3)22-19-32(38-35-22,29(10,11)12)25(33(30(13,14)15)20-23(36-39-33)27(4,5)6)34(31(16,17)18)21-24(37-40-34)28(7,8)9;;;;/h19-21H,1-18H3;3*1H;/q;;;;+3/p-3. The molecule has 0 aromatic heterocycles. The molecule has 0 aromatic carbocycles. The Morgan fingerprint density at radius 1 is 0.409 bits per heavy atom. The number of azo groups is 3. The summed E-state index contributed by atoms with van der Waals surface area (Å²) in [6, 6.07) is 0. The number of hydrogen-bond donors (Lipinski definition) is 0. The molecule has 0 saturated carbocycles. The summed E-state index contributed by atoms with van der Waals surface area (Å²) in [6.07, 6.45) is 7.10. The molecule has 0 fully saturated rings. The molecule has 3 heterocycles. The van der Waals surface area contributed by atoms with Crippen LogP contribution in [0.25, 0.3) is 0 Å². The van der Waals surface area contributed by atoms with Gasteiger partial charge in [-0.05, 0) is 0 Å². The molecule has 0 saturated heterocycles. The minimum Gasteiger partial charge on any atom is -1.00 e. The van der Waals surface area contributed by atoms with Gasteiger partial charge in [0.15, 0.2) is 0 Å². The summed E-state index contributed by atoms with van der Waals surface area (Å²) in [5, 5.41) is 31.2. The molecule has 3 rings (SSSR count). The minimum atomic E-state index is -0.797. The van der Waals surface area contributed by atoms with Crippen molar-refractivity contribution in [2.45, 2.75) is 145 Å². The van der Waals surface area contributed by atoms with Crippen LogP contribution >= 0.6 is 0 Å². The minimum absolute atomic E-state index is 0. The largest absolute Gasteiger partial charge is 1.00 e. The molecule has 0 aromatic rings. The van der Waals surface area contributed by atoms with E-state index in [1.807, 2.05) is 0 Å². The Morgan fingerprint density at radius 3 is 0.705 bits per heavy atom. The zero-order valence-electron chi connectivity index (χ0n) is 30.5. The van der Waals surface area contributed by atoms with E-state index < -0.39 is 20.3 Å². The number of hydrogen-bond acceptors (Lipinski definition) is 6. The van der Waals surface area contributed by atoms with Crippen molar-refractivity contribution in [3.05, 3.63) is 35.3 Å². The first-order valence-electron chi connectivity index (χ1n) is 15.2. The van der Waals surface area contributed by atoms with E-state index in [0.717, 1.165) is 17.1 Å². The van der Waals surface area contributed by atoms with Crippen molar-refractivity contribution in [2.75, 3.05) is 0 Å². The summed E-state index contributed by atoms with van der Waals surface area (Å²) in [6.45, 7) is 40.6. The Kier molecular flexibility index (Phi) is 12.1. The van der Waals surface area contributed by atoms with Gasteiger partial charge in [0.05, 0.1) is 0 Å². The van der Waals surface area contributed by atoms with Crippen molar-refractivity contribution in [2.24, 2.45) is 63.2 Å². The van der Waals surface area contributed by atoms with Crippen LogP contribution in [0.4, 0.5) is 0 Å². The fraction of sp³-hybridized carbons (Fsp3) is 0.824. The SMILES string of the molecule is CC(C)(C)C1=CC(C(C)(C)C)([C]([Ti+3])(C2(C(C)(C)C)C=C(C(C)(C)C)N=N2)C2(C(C)(C)C)C=C(C(C)(C)C)N=N2)N=N1.[Cl-].[Cl-].[Cl-].